The fourth-order valence-corrected chi connectivity index (χ4v) is 3.48. The van der Waals surface area contributed by atoms with E-state index in [4.69, 9.17) is 11.6 Å². The van der Waals surface area contributed by atoms with E-state index in [1.165, 1.54) is 5.56 Å². The number of hydrogen-bond acceptors (Lipinski definition) is 4. The average Bonchev–Trinajstić information content (AvgIpc) is 2.99. The highest BCUT2D eigenvalue weighted by Crippen LogP contribution is 2.33. The molecule has 0 saturated heterocycles. The van der Waals surface area contributed by atoms with Crippen LogP contribution in [0.2, 0.25) is 5.02 Å². The van der Waals surface area contributed by atoms with Crippen LogP contribution in [-0.4, -0.2) is 17.2 Å². The first-order valence-corrected chi connectivity index (χ1v) is 7.79. The van der Waals surface area contributed by atoms with Crippen molar-refractivity contribution in [3.05, 3.63) is 70.2 Å². The first-order valence-electron chi connectivity index (χ1n) is 6.60. The topological polar surface area (TPSA) is 37.8 Å². The minimum Gasteiger partial charge on any atom is -0.307 e. The molecule has 1 atom stereocenters. The summed E-state index contributed by atoms with van der Waals surface area (Å²) in [5, 5.41) is 14.4. The number of nitrogens with one attached hydrogen (secondary N) is 1. The van der Waals surface area contributed by atoms with E-state index < -0.39 is 0 Å². The molecule has 106 valence electrons. The van der Waals surface area contributed by atoms with Gasteiger partial charge in [0.15, 0.2) is 0 Å². The molecule has 1 heterocycles. The van der Waals surface area contributed by atoms with E-state index >= 15 is 0 Å². The molecule has 3 nitrogen and oxygen atoms in total. The summed E-state index contributed by atoms with van der Waals surface area (Å²) in [5.41, 5.74) is 2.09. The summed E-state index contributed by atoms with van der Waals surface area (Å²) >= 11 is 7.78. The molecule has 2 aromatic carbocycles. The van der Waals surface area contributed by atoms with Crippen LogP contribution < -0.4 is 5.32 Å². The van der Waals surface area contributed by atoms with E-state index in [0.29, 0.717) is 5.02 Å². The normalized spacial score (nSPS) is 12.3. The molecule has 0 fully saturated rings. The van der Waals surface area contributed by atoms with Crippen molar-refractivity contribution in [1.82, 2.24) is 15.5 Å². The summed E-state index contributed by atoms with van der Waals surface area (Å²) in [7, 11) is 1.92. The molecule has 0 aliphatic carbocycles. The molecule has 3 rings (SSSR count). The summed E-state index contributed by atoms with van der Waals surface area (Å²) in [6.45, 7) is 0. The Bertz CT molecular complexity index is 727. The van der Waals surface area contributed by atoms with Gasteiger partial charge < -0.3 is 5.32 Å². The van der Waals surface area contributed by atoms with Crippen LogP contribution in [0.1, 0.15) is 16.6 Å². The minimum atomic E-state index is 0.0416. The van der Waals surface area contributed by atoms with Gasteiger partial charge in [-0.15, -0.1) is 10.2 Å². The highest BCUT2D eigenvalue weighted by molar-refractivity contribution is 7.14. The van der Waals surface area contributed by atoms with Crippen molar-refractivity contribution in [1.29, 1.82) is 0 Å². The van der Waals surface area contributed by atoms with Gasteiger partial charge >= 0.3 is 0 Å². The van der Waals surface area contributed by atoms with Crippen LogP contribution in [0.4, 0.5) is 0 Å². The zero-order valence-electron chi connectivity index (χ0n) is 11.5. The van der Waals surface area contributed by atoms with Gasteiger partial charge in [-0.3, -0.25) is 0 Å². The lowest BCUT2D eigenvalue weighted by molar-refractivity contribution is 0.678. The van der Waals surface area contributed by atoms with Gasteiger partial charge in [-0.1, -0.05) is 71.5 Å². The van der Waals surface area contributed by atoms with Gasteiger partial charge in [-0.25, -0.2) is 0 Å². The third-order valence-electron chi connectivity index (χ3n) is 3.21. The van der Waals surface area contributed by atoms with E-state index in [9.17, 15) is 0 Å². The highest BCUT2D eigenvalue weighted by Gasteiger charge is 2.18. The quantitative estimate of drug-likeness (QED) is 0.785. The molecule has 0 aliphatic heterocycles. The third-order valence-corrected chi connectivity index (χ3v) is 4.56. The van der Waals surface area contributed by atoms with Crippen molar-refractivity contribution in [2.45, 2.75) is 6.04 Å². The fraction of sp³-hybridized carbons (Fsp3) is 0.125. The Morgan fingerprint density at radius 1 is 1.00 bits per heavy atom. The zero-order chi connectivity index (χ0) is 14.7. The molecular formula is C16H14ClN3S. The van der Waals surface area contributed by atoms with Gasteiger partial charge in [0.25, 0.3) is 0 Å². The number of aromatic nitrogens is 2. The second-order valence-electron chi connectivity index (χ2n) is 4.56. The maximum absolute atomic E-state index is 6.22. The Balaban J connectivity index is 1.96. The number of nitrogens with zero attached hydrogens (tertiary/aromatic N) is 2. The molecule has 0 spiro atoms. The van der Waals surface area contributed by atoms with Crippen molar-refractivity contribution in [2.75, 3.05) is 7.05 Å². The lowest BCUT2D eigenvalue weighted by Crippen LogP contribution is -2.17. The Hall–Kier alpha value is -1.75. The van der Waals surface area contributed by atoms with Gasteiger partial charge in [0, 0.05) is 5.56 Å². The maximum Gasteiger partial charge on any atom is 0.149 e. The lowest BCUT2D eigenvalue weighted by atomic mass is 10.1. The van der Waals surface area contributed by atoms with E-state index in [1.54, 1.807) is 11.3 Å². The van der Waals surface area contributed by atoms with Crippen LogP contribution >= 0.6 is 22.9 Å². The molecule has 3 aromatic rings. The zero-order valence-corrected chi connectivity index (χ0v) is 13.0. The van der Waals surface area contributed by atoms with Gasteiger partial charge in [0.05, 0.1) is 11.1 Å². The number of rotatable bonds is 4. The minimum absolute atomic E-state index is 0.0416. The molecule has 0 radical (unpaired) electrons. The van der Waals surface area contributed by atoms with E-state index in [1.807, 2.05) is 49.5 Å². The highest BCUT2D eigenvalue weighted by atomic mass is 35.5. The van der Waals surface area contributed by atoms with Crippen molar-refractivity contribution in [2.24, 2.45) is 0 Å². The summed E-state index contributed by atoms with van der Waals surface area (Å²) < 4.78 is 0. The summed E-state index contributed by atoms with van der Waals surface area (Å²) in [6.07, 6.45) is 0. The lowest BCUT2D eigenvalue weighted by Gasteiger charge is -2.12. The average molecular weight is 316 g/mol. The van der Waals surface area contributed by atoms with Crippen molar-refractivity contribution < 1.29 is 0 Å². The van der Waals surface area contributed by atoms with Crippen molar-refractivity contribution in [3.63, 3.8) is 0 Å². The van der Waals surface area contributed by atoms with Crippen molar-refractivity contribution >= 4 is 22.9 Å². The Morgan fingerprint density at radius 2 is 1.71 bits per heavy atom. The second-order valence-corrected chi connectivity index (χ2v) is 5.97. The number of benzene rings is 2. The standard InChI is InChI=1S/C16H14ClN3S/c1-18-14(11-7-3-2-4-8-11)16-20-19-15(21-16)12-9-5-6-10-13(12)17/h2-10,14,18H,1H3. The molecule has 21 heavy (non-hydrogen) atoms. The third kappa shape index (κ3) is 2.97. The molecule has 1 N–H and O–H groups in total. The Labute approximate surface area is 132 Å². The predicted molar refractivity (Wildman–Crippen MR) is 87.7 cm³/mol. The SMILES string of the molecule is CNC(c1ccccc1)c1nnc(-c2ccccc2Cl)s1. The number of hydrogen-bond donors (Lipinski definition) is 1. The van der Waals surface area contributed by atoms with Gasteiger partial charge in [0.1, 0.15) is 10.0 Å². The van der Waals surface area contributed by atoms with Crippen molar-refractivity contribution in [3.8, 4) is 10.6 Å². The van der Waals surface area contributed by atoms with Crippen LogP contribution in [0.15, 0.2) is 54.6 Å². The predicted octanol–water partition coefficient (Wildman–Crippen LogP) is 4.17. The Kier molecular flexibility index (Phi) is 4.29. The first-order chi connectivity index (χ1) is 10.3. The second kappa shape index (κ2) is 6.35. The molecular weight excluding hydrogens is 302 g/mol. The van der Waals surface area contributed by atoms with Gasteiger partial charge in [0.2, 0.25) is 0 Å². The van der Waals surface area contributed by atoms with Crippen LogP contribution in [0.5, 0.6) is 0 Å². The smallest absolute Gasteiger partial charge is 0.149 e. The van der Waals surface area contributed by atoms with Crippen LogP contribution in [0.3, 0.4) is 0 Å². The molecule has 0 aliphatic rings. The molecule has 0 saturated carbocycles. The molecule has 1 aromatic heterocycles. The number of halogens is 1. The Morgan fingerprint density at radius 3 is 2.43 bits per heavy atom. The largest absolute Gasteiger partial charge is 0.307 e. The molecule has 1 unspecified atom stereocenters. The van der Waals surface area contributed by atoms with E-state index in [0.717, 1.165) is 15.6 Å². The van der Waals surface area contributed by atoms with Crippen LogP contribution in [0, 0.1) is 0 Å². The van der Waals surface area contributed by atoms with Gasteiger partial charge in [-0.2, -0.15) is 0 Å². The van der Waals surface area contributed by atoms with Crippen LogP contribution in [0.25, 0.3) is 10.6 Å². The fourth-order valence-electron chi connectivity index (χ4n) is 2.17. The molecule has 5 heteroatoms. The maximum atomic E-state index is 6.22. The van der Waals surface area contributed by atoms with Gasteiger partial charge in [-0.05, 0) is 18.7 Å². The molecule has 0 bridgehead atoms. The van der Waals surface area contributed by atoms with E-state index in [2.05, 4.69) is 27.6 Å². The summed E-state index contributed by atoms with van der Waals surface area (Å²) in [5.74, 6) is 0. The monoisotopic (exact) mass is 315 g/mol. The molecule has 0 amide bonds. The summed E-state index contributed by atoms with van der Waals surface area (Å²) in [4.78, 5) is 0. The first kappa shape index (κ1) is 14.2. The summed E-state index contributed by atoms with van der Waals surface area (Å²) in [6, 6.07) is 17.9. The van der Waals surface area contributed by atoms with Crippen LogP contribution in [-0.2, 0) is 0 Å². The van der Waals surface area contributed by atoms with E-state index in [-0.39, 0.29) is 6.04 Å².